The topological polar surface area (TPSA) is 12.0 Å². The summed E-state index contributed by atoms with van der Waals surface area (Å²) >= 11 is 0. The highest BCUT2D eigenvalue weighted by molar-refractivity contribution is 4.89. The Morgan fingerprint density at radius 1 is 1.00 bits per heavy atom. The second-order valence-corrected chi connectivity index (χ2v) is 5.82. The molecule has 17 heavy (non-hydrogen) atoms. The van der Waals surface area contributed by atoms with Gasteiger partial charge in [-0.2, -0.15) is 13.2 Å². The molecule has 0 amide bonds. The second kappa shape index (κ2) is 5.17. The van der Waals surface area contributed by atoms with Gasteiger partial charge in [0.25, 0.3) is 0 Å². The van der Waals surface area contributed by atoms with E-state index < -0.39 is 12.1 Å². The van der Waals surface area contributed by atoms with Crippen molar-refractivity contribution in [3.05, 3.63) is 0 Å². The van der Waals surface area contributed by atoms with Gasteiger partial charge in [0.2, 0.25) is 0 Å². The first kappa shape index (κ1) is 13.2. The molecule has 2 fully saturated rings. The first-order valence-corrected chi connectivity index (χ1v) is 6.79. The third-order valence-electron chi connectivity index (χ3n) is 4.33. The van der Waals surface area contributed by atoms with Crippen LogP contribution in [0.5, 0.6) is 0 Å². The maximum Gasteiger partial charge on any atom is 0.393 e. The Morgan fingerprint density at radius 3 is 2.29 bits per heavy atom. The molecular formula is C13H22F3N. The fraction of sp³-hybridized carbons (Fsp3) is 1.00. The third kappa shape index (κ3) is 3.36. The lowest BCUT2D eigenvalue weighted by Gasteiger charge is -2.35. The SMILES string of the molecule is CC1CCC(NC2CCCCC2C(F)(F)F)C1. The molecule has 2 rings (SSSR count). The standard InChI is InChI=1S/C13H22F3N/c1-9-6-7-10(8-9)17-12-5-3-2-4-11(12)13(14,15)16/h9-12,17H,2-8H2,1H3. The van der Waals surface area contributed by atoms with Crippen LogP contribution in [0.1, 0.15) is 51.9 Å². The minimum absolute atomic E-state index is 0.309. The fourth-order valence-electron chi connectivity index (χ4n) is 3.38. The minimum atomic E-state index is -4.03. The summed E-state index contributed by atoms with van der Waals surface area (Å²) in [4.78, 5) is 0. The van der Waals surface area contributed by atoms with E-state index in [2.05, 4.69) is 12.2 Å². The van der Waals surface area contributed by atoms with Crippen LogP contribution in [0.3, 0.4) is 0 Å². The van der Waals surface area contributed by atoms with Crippen LogP contribution in [0.4, 0.5) is 13.2 Å². The van der Waals surface area contributed by atoms with Crippen LogP contribution in [0.25, 0.3) is 0 Å². The summed E-state index contributed by atoms with van der Waals surface area (Å²) in [6.45, 7) is 2.18. The first-order chi connectivity index (χ1) is 7.97. The van der Waals surface area contributed by atoms with E-state index in [-0.39, 0.29) is 6.04 Å². The third-order valence-corrected chi connectivity index (χ3v) is 4.33. The van der Waals surface area contributed by atoms with Crippen LogP contribution in [-0.2, 0) is 0 Å². The van der Waals surface area contributed by atoms with Gasteiger partial charge < -0.3 is 5.32 Å². The zero-order valence-corrected chi connectivity index (χ0v) is 10.4. The Labute approximate surface area is 101 Å². The Bertz CT molecular complexity index is 252. The lowest BCUT2D eigenvalue weighted by molar-refractivity contribution is -0.189. The highest BCUT2D eigenvalue weighted by Crippen LogP contribution is 2.38. The molecule has 0 bridgehead atoms. The largest absolute Gasteiger partial charge is 0.393 e. The van der Waals surface area contributed by atoms with Crippen molar-refractivity contribution in [2.75, 3.05) is 0 Å². The number of hydrogen-bond acceptors (Lipinski definition) is 1. The van der Waals surface area contributed by atoms with Gasteiger partial charge in [0.1, 0.15) is 0 Å². The molecular weight excluding hydrogens is 227 g/mol. The van der Waals surface area contributed by atoms with Crippen LogP contribution in [0.15, 0.2) is 0 Å². The Morgan fingerprint density at radius 2 is 1.71 bits per heavy atom. The first-order valence-electron chi connectivity index (χ1n) is 6.79. The summed E-state index contributed by atoms with van der Waals surface area (Å²) < 4.78 is 38.7. The monoisotopic (exact) mass is 249 g/mol. The Hall–Kier alpha value is -0.250. The average Bonchev–Trinajstić information content (AvgIpc) is 2.63. The molecule has 4 unspecified atom stereocenters. The summed E-state index contributed by atoms with van der Waals surface area (Å²) in [6, 6.07) is -0.0167. The van der Waals surface area contributed by atoms with Crippen molar-refractivity contribution in [2.24, 2.45) is 11.8 Å². The Kier molecular flexibility index (Phi) is 4.01. The minimum Gasteiger partial charge on any atom is -0.311 e. The molecule has 0 saturated heterocycles. The summed E-state index contributed by atoms with van der Waals surface area (Å²) in [5.41, 5.74) is 0. The van der Waals surface area contributed by atoms with Crippen LogP contribution in [-0.4, -0.2) is 18.3 Å². The summed E-state index contributed by atoms with van der Waals surface area (Å²) in [7, 11) is 0. The van der Waals surface area contributed by atoms with Crippen molar-refractivity contribution in [1.29, 1.82) is 0 Å². The molecule has 0 aliphatic heterocycles. The van der Waals surface area contributed by atoms with Crippen molar-refractivity contribution >= 4 is 0 Å². The second-order valence-electron chi connectivity index (χ2n) is 5.82. The van der Waals surface area contributed by atoms with Crippen LogP contribution in [0, 0.1) is 11.8 Å². The van der Waals surface area contributed by atoms with E-state index in [4.69, 9.17) is 0 Å². The predicted octanol–water partition coefficient (Wildman–Crippen LogP) is 3.89. The molecule has 1 N–H and O–H groups in total. The molecule has 0 radical (unpaired) electrons. The van der Waals surface area contributed by atoms with Gasteiger partial charge in [0.05, 0.1) is 5.92 Å². The zero-order valence-electron chi connectivity index (χ0n) is 10.4. The maximum absolute atomic E-state index is 12.9. The molecule has 2 saturated carbocycles. The van der Waals surface area contributed by atoms with E-state index >= 15 is 0 Å². The smallest absolute Gasteiger partial charge is 0.311 e. The normalized spacial score (nSPS) is 39.5. The quantitative estimate of drug-likeness (QED) is 0.783. The molecule has 100 valence electrons. The van der Waals surface area contributed by atoms with Crippen molar-refractivity contribution in [3.63, 3.8) is 0 Å². The highest BCUT2D eigenvalue weighted by atomic mass is 19.4. The molecule has 4 atom stereocenters. The number of alkyl halides is 3. The van der Waals surface area contributed by atoms with E-state index in [0.717, 1.165) is 32.1 Å². The lowest BCUT2D eigenvalue weighted by atomic mass is 9.83. The molecule has 1 nitrogen and oxygen atoms in total. The summed E-state index contributed by atoms with van der Waals surface area (Å²) in [5, 5.41) is 3.28. The van der Waals surface area contributed by atoms with Crippen LogP contribution >= 0.6 is 0 Å². The van der Waals surface area contributed by atoms with Crippen molar-refractivity contribution < 1.29 is 13.2 Å². The molecule has 2 aliphatic rings. The van der Waals surface area contributed by atoms with Gasteiger partial charge in [-0.05, 0) is 38.0 Å². The van der Waals surface area contributed by atoms with E-state index in [9.17, 15) is 13.2 Å². The Balaban J connectivity index is 1.92. The summed E-state index contributed by atoms with van der Waals surface area (Å²) in [6.07, 6.45) is 1.88. The van der Waals surface area contributed by atoms with Crippen LogP contribution < -0.4 is 5.32 Å². The predicted molar refractivity (Wildman–Crippen MR) is 61.7 cm³/mol. The number of hydrogen-bond donors (Lipinski definition) is 1. The zero-order chi connectivity index (χ0) is 12.5. The van der Waals surface area contributed by atoms with Gasteiger partial charge in [-0.15, -0.1) is 0 Å². The number of halogens is 3. The van der Waals surface area contributed by atoms with Crippen LogP contribution in [0.2, 0.25) is 0 Å². The van der Waals surface area contributed by atoms with E-state index in [0.29, 0.717) is 24.8 Å². The average molecular weight is 249 g/mol. The molecule has 0 aromatic rings. The van der Waals surface area contributed by atoms with Crippen molar-refractivity contribution in [2.45, 2.75) is 70.1 Å². The molecule has 2 aliphatic carbocycles. The molecule has 0 spiro atoms. The van der Waals surface area contributed by atoms with E-state index in [1.54, 1.807) is 0 Å². The van der Waals surface area contributed by atoms with Gasteiger partial charge in [-0.1, -0.05) is 19.8 Å². The number of nitrogens with one attached hydrogen (secondary N) is 1. The van der Waals surface area contributed by atoms with Gasteiger partial charge in [-0.25, -0.2) is 0 Å². The molecule has 0 aromatic heterocycles. The van der Waals surface area contributed by atoms with Gasteiger partial charge >= 0.3 is 6.18 Å². The molecule has 0 aromatic carbocycles. The fourth-order valence-corrected chi connectivity index (χ4v) is 3.38. The van der Waals surface area contributed by atoms with E-state index in [1.165, 1.54) is 0 Å². The van der Waals surface area contributed by atoms with Crippen molar-refractivity contribution in [1.82, 2.24) is 5.32 Å². The van der Waals surface area contributed by atoms with Gasteiger partial charge in [0.15, 0.2) is 0 Å². The summed E-state index contributed by atoms with van der Waals surface area (Å²) in [5.74, 6) is -0.451. The lowest BCUT2D eigenvalue weighted by Crippen LogP contribution is -2.48. The number of rotatable bonds is 2. The van der Waals surface area contributed by atoms with E-state index in [1.807, 2.05) is 0 Å². The van der Waals surface area contributed by atoms with Gasteiger partial charge in [-0.3, -0.25) is 0 Å². The molecule has 4 heteroatoms. The van der Waals surface area contributed by atoms with Gasteiger partial charge in [0, 0.05) is 12.1 Å². The highest BCUT2D eigenvalue weighted by Gasteiger charge is 2.46. The van der Waals surface area contributed by atoms with Crippen molar-refractivity contribution in [3.8, 4) is 0 Å². The molecule has 0 heterocycles. The maximum atomic E-state index is 12.9.